The van der Waals surface area contributed by atoms with Crippen molar-refractivity contribution in [2.75, 3.05) is 20.8 Å². The number of methoxy groups -OCH3 is 2. The summed E-state index contributed by atoms with van der Waals surface area (Å²) >= 11 is 0. The summed E-state index contributed by atoms with van der Waals surface area (Å²) in [6.45, 7) is 6.72. The van der Waals surface area contributed by atoms with Gasteiger partial charge in [-0.1, -0.05) is 6.07 Å². The van der Waals surface area contributed by atoms with Crippen molar-refractivity contribution in [1.82, 2.24) is 10.6 Å². The van der Waals surface area contributed by atoms with E-state index in [1.165, 1.54) is 0 Å². The molecule has 21 heavy (non-hydrogen) atoms. The first-order valence-corrected chi connectivity index (χ1v) is 7.16. The number of carbonyl (C=O) groups excluding carboxylic acids is 1. The molecule has 118 valence electrons. The summed E-state index contributed by atoms with van der Waals surface area (Å²) in [7, 11) is 3.30. The number of carbonyl (C=O) groups is 1. The van der Waals surface area contributed by atoms with Crippen molar-refractivity contribution in [3.8, 4) is 5.75 Å². The van der Waals surface area contributed by atoms with Crippen molar-refractivity contribution >= 4 is 5.91 Å². The van der Waals surface area contributed by atoms with E-state index in [0.29, 0.717) is 13.2 Å². The Kier molecular flexibility index (Phi) is 7.19. The van der Waals surface area contributed by atoms with E-state index < -0.39 is 0 Å². The summed E-state index contributed by atoms with van der Waals surface area (Å²) in [5.74, 6) is 0.813. The fourth-order valence-electron chi connectivity index (χ4n) is 2.07. The van der Waals surface area contributed by atoms with E-state index in [4.69, 9.17) is 9.47 Å². The van der Waals surface area contributed by atoms with Gasteiger partial charge in [-0.2, -0.15) is 0 Å². The topological polar surface area (TPSA) is 59.6 Å². The van der Waals surface area contributed by atoms with Crippen molar-refractivity contribution < 1.29 is 14.3 Å². The number of hydrogen-bond acceptors (Lipinski definition) is 4. The van der Waals surface area contributed by atoms with Crippen molar-refractivity contribution in [2.45, 2.75) is 39.5 Å². The van der Waals surface area contributed by atoms with Gasteiger partial charge in [-0.3, -0.25) is 4.79 Å². The molecule has 0 fully saturated rings. The van der Waals surface area contributed by atoms with Gasteiger partial charge in [0.25, 0.3) is 0 Å². The first-order valence-electron chi connectivity index (χ1n) is 7.16. The molecule has 0 radical (unpaired) electrons. The molecule has 0 saturated heterocycles. The number of amides is 1. The number of nitrogens with one attached hydrogen (secondary N) is 2. The number of ether oxygens (including phenoxy) is 2. The SMILES string of the molecule is COCc1cc(C(C)NCC(=O)NC(C)C)ccc1OC. The van der Waals surface area contributed by atoms with Gasteiger partial charge in [-0.05, 0) is 38.5 Å². The maximum Gasteiger partial charge on any atom is 0.234 e. The van der Waals surface area contributed by atoms with Crippen LogP contribution in [0.3, 0.4) is 0 Å². The molecule has 5 heteroatoms. The Morgan fingerprint density at radius 3 is 2.52 bits per heavy atom. The van der Waals surface area contributed by atoms with Gasteiger partial charge >= 0.3 is 0 Å². The third-order valence-electron chi connectivity index (χ3n) is 3.12. The first-order chi connectivity index (χ1) is 9.97. The van der Waals surface area contributed by atoms with E-state index in [9.17, 15) is 4.79 Å². The standard InChI is InChI=1S/C16H26N2O3/c1-11(2)18-16(19)9-17-12(3)13-6-7-15(21-5)14(8-13)10-20-4/h6-8,11-12,17H,9-10H2,1-5H3,(H,18,19). The van der Waals surface area contributed by atoms with Crippen LogP contribution in [0.1, 0.15) is 37.9 Å². The minimum Gasteiger partial charge on any atom is -0.496 e. The Balaban J connectivity index is 2.67. The van der Waals surface area contributed by atoms with Crippen LogP contribution in [0.25, 0.3) is 0 Å². The molecule has 0 aliphatic carbocycles. The molecule has 5 nitrogen and oxygen atoms in total. The molecule has 0 aliphatic heterocycles. The smallest absolute Gasteiger partial charge is 0.234 e. The zero-order chi connectivity index (χ0) is 15.8. The first kappa shape index (κ1) is 17.5. The summed E-state index contributed by atoms with van der Waals surface area (Å²) in [5, 5.41) is 6.08. The lowest BCUT2D eigenvalue weighted by molar-refractivity contribution is -0.120. The third-order valence-corrected chi connectivity index (χ3v) is 3.12. The molecule has 0 spiro atoms. The molecule has 2 N–H and O–H groups in total. The van der Waals surface area contributed by atoms with E-state index in [1.807, 2.05) is 39.0 Å². The van der Waals surface area contributed by atoms with Crippen LogP contribution in [0.2, 0.25) is 0 Å². The van der Waals surface area contributed by atoms with Crippen LogP contribution in [0.15, 0.2) is 18.2 Å². The van der Waals surface area contributed by atoms with E-state index in [2.05, 4.69) is 10.6 Å². The van der Waals surface area contributed by atoms with Crippen LogP contribution < -0.4 is 15.4 Å². The molecule has 1 unspecified atom stereocenters. The van der Waals surface area contributed by atoms with Crippen LogP contribution in [-0.2, 0) is 16.1 Å². The highest BCUT2D eigenvalue weighted by Crippen LogP contribution is 2.23. The second-order valence-corrected chi connectivity index (χ2v) is 5.33. The Bertz CT molecular complexity index is 461. The highest BCUT2D eigenvalue weighted by atomic mass is 16.5. The Morgan fingerprint density at radius 2 is 1.95 bits per heavy atom. The van der Waals surface area contributed by atoms with Gasteiger partial charge in [0.15, 0.2) is 0 Å². The van der Waals surface area contributed by atoms with Gasteiger partial charge in [-0.25, -0.2) is 0 Å². The Morgan fingerprint density at radius 1 is 1.24 bits per heavy atom. The van der Waals surface area contributed by atoms with Gasteiger partial charge in [0.1, 0.15) is 5.75 Å². The molecular weight excluding hydrogens is 268 g/mol. The lowest BCUT2D eigenvalue weighted by Crippen LogP contribution is -2.38. The minimum absolute atomic E-state index is 0.00229. The summed E-state index contributed by atoms with van der Waals surface area (Å²) in [5.41, 5.74) is 2.10. The summed E-state index contributed by atoms with van der Waals surface area (Å²) in [6, 6.07) is 6.19. The molecule has 1 rings (SSSR count). The van der Waals surface area contributed by atoms with Crippen molar-refractivity contribution in [2.24, 2.45) is 0 Å². The van der Waals surface area contributed by atoms with Gasteiger partial charge < -0.3 is 20.1 Å². The highest BCUT2D eigenvalue weighted by molar-refractivity contribution is 5.78. The fourth-order valence-corrected chi connectivity index (χ4v) is 2.07. The van der Waals surface area contributed by atoms with Gasteiger partial charge in [-0.15, -0.1) is 0 Å². The average Bonchev–Trinajstić information content (AvgIpc) is 2.44. The van der Waals surface area contributed by atoms with E-state index in [-0.39, 0.29) is 18.0 Å². The molecule has 1 aromatic rings. The van der Waals surface area contributed by atoms with E-state index in [0.717, 1.165) is 16.9 Å². The molecule has 1 atom stereocenters. The quantitative estimate of drug-likeness (QED) is 0.770. The molecular formula is C16H26N2O3. The highest BCUT2D eigenvalue weighted by Gasteiger charge is 2.11. The normalized spacial score (nSPS) is 12.3. The number of benzene rings is 1. The number of hydrogen-bond donors (Lipinski definition) is 2. The van der Waals surface area contributed by atoms with Crippen LogP contribution in [0.4, 0.5) is 0 Å². The monoisotopic (exact) mass is 294 g/mol. The maximum atomic E-state index is 11.6. The second-order valence-electron chi connectivity index (χ2n) is 5.33. The van der Waals surface area contributed by atoms with Crippen LogP contribution in [0.5, 0.6) is 5.75 Å². The van der Waals surface area contributed by atoms with Crippen LogP contribution in [-0.4, -0.2) is 32.7 Å². The molecule has 0 aromatic heterocycles. The second kappa shape index (κ2) is 8.64. The molecule has 1 amide bonds. The lowest BCUT2D eigenvalue weighted by atomic mass is 10.0. The zero-order valence-electron chi connectivity index (χ0n) is 13.5. The van der Waals surface area contributed by atoms with Crippen LogP contribution in [0, 0.1) is 0 Å². The molecule has 0 saturated carbocycles. The predicted octanol–water partition coefficient (Wildman–Crippen LogP) is 2.02. The zero-order valence-corrected chi connectivity index (χ0v) is 13.5. The largest absolute Gasteiger partial charge is 0.496 e. The molecule has 0 bridgehead atoms. The van der Waals surface area contributed by atoms with Gasteiger partial charge in [0.05, 0.1) is 20.3 Å². The lowest BCUT2D eigenvalue weighted by Gasteiger charge is -2.17. The van der Waals surface area contributed by atoms with Crippen LogP contribution >= 0.6 is 0 Å². The molecule has 1 aromatic carbocycles. The maximum absolute atomic E-state index is 11.6. The molecule has 0 aliphatic rings. The fraction of sp³-hybridized carbons (Fsp3) is 0.562. The predicted molar refractivity (Wildman–Crippen MR) is 83.4 cm³/mol. The third kappa shape index (κ3) is 5.73. The Hall–Kier alpha value is -1.59. The summed E-state index contributed by atoms with van der Waals surface area (Å²) < 4.78 is 10.5. The Labute approximate surface area is 127 Å². The van der Waals surface area contributed by atoms with E-state index in [1.54, 1.807) is 14.2 Å². The van der Waals surface area contributed by atoms with E-state index >= 15 is 0 Å². The minimum atomic E-state index is 0.00229. The van der Waals surface area contributed by atoms with Gasteiger partial charge in [0, 0.05) is 24.8 Å². The summed E-state index contributed by atoms with van der Waals surface area (Å²) in [4.78, 5) is 11.6. The summed E-state index contributed by atoms with van der Waals surface area (Å²) in [6.07, 6.45) is 0. The van der Waals surface area contributed by atoms with Gasteiger partial charge in [0.2, 0.25) is 5.91 Å². The van der Waals surface area contributed by atoms with Crippen molar-refractivity contribution in [3.05, 3.63) is 29.3 Å². The van der Waals surface area contributed by atoms with Crippen molar-refractivity contribution in [3.63, 3.8) is 0 Å². The number of rotatable bonds is 8. The molecule has 0 heterocycles. The van der Waals surface area contributed by atoms with Crippen molar-refractivity contribution in [1.29, 1.82) is 0 Å². The average molecular weight is 294 g/mol.